The summed E-state index contributed by atoms with van der Waals surface area (Å²) < 4.78 is 0. The quantitative estimate of drug-likeness (QED) is 0.669. The smallest absolute Gasteiger partial charge is 0.236 e. The number of nitrogens with two attached hydrogens (primary N) is 1. The van der Waals surface area contributed by atoms with Gasteiger partial charge in [0.25, 0.3) is 0 Å². The highest BCUT2D eigenvalue weighted by molar-refractivity contribution is 5.77. The molecule has 2 N–H and O–H groups in total. The van der Waals surface area contributed by atoms with Crippen molar-refractivity contribution in [2.24, 2.45) is 5.73 Å². The number of hydrogen-bond donors (Lipinski definition) is 1. The maximum Gasteiger partial charge on any atom is 0.236 e. The lowest BCUT2D eigenvalue weighted by Crippen LogP contribution is -2.55. The number of carbonyl (C=O) groups is 1. The molecule has 1 aliphatic carbocycles. The Morgan fingerprint density at radius 3 is 2.64 bits per heavy atom. The first-order valence-electron chi connectivity index (χ1n) is 5.42. The summed E-state index contributed by atoms with van der Waals surface area (Å²) >= 11 is 0. The van der Waals surface area contributed by atoms with Crippen molar-refractivity contribution in [1.29, 1.82) is 0 Å². The Hall–Kier alpha value is -0.610. The van der Waals surface area contributed by atoms with Gasteiger partial charge in [0.05, 0.1) is 6.54 Å². The van der Waals surface area contributed by atoms with Crippen molar-refractivity contribution in [3.05, 3.63) is 0 Å². The Bertz CT molecular complexity index is 227. The molecule has 0 spiro atoms. The minimum absolute atomic E-state index is 0.0487. The normalized spacial score (nSPS) is 27.1. The minimum atomic E-state index is 0.0487. The highest BCUT2D eigenvalue weighted by Crippen LogP contribution is 2.34. The van der Waals surface area contributed by atoms with E-state index in [0.717, 1.165) is 12.6 Å². The van der Waals surface area contributed by atoms with Crippen LogP contribution in [0.25, 0.3) is 0 Å². The molecule has 0 bridgehead atoms. The zero-order valence-corrected chi connectivity index (χ0v) is 8.78. The third-order valence-electron chi connectivity index (χ3n) is 3.29. The molecule has 1 heterocycles. The molecule has 1 amide bonds. The molecular formula is C10H19N3O. The van der Waals surface area contributed by atoms with Crippen molar-refractivity contribution in [2.75, 3.05) is 26.7 Å². The van der Waals surface area contributed by atoms with Crippen LogP contribution in [0.3, 0.4) is 0 Å². The molecule has 0 radical (unpaired) electrons. The number of rotatable bonds is 4. The van der Waals surface area contributed by atoms with Crippen LogP contribution in [0.1, 0.15) is 19.3 Å². The number of nitrogens with zero attached hydrogens (tertiary/aromatic N) is 2. The Balaban J connectivity index is 1.76. The average molecular weight is 197 g/mol. The van der Waals surface area contributed by atoms with Crippen LogP contribution in [-0.2, 0) is 4.79 Å². The lowest BCUT2D eigenvalue weighted by atomic mass is 10.0. The summed E-state index contributed by atoms with van der Waals surface area (Å²) in [5.41, 5.74) is 5.31. The van der Waals surface area contributed by atoms with Crippen molar-refractivity contribution in [3.63, 3.8) is 0 Å². The third kappa shape index (κ3) is 1.91. The summed E-state index contributed by atoms with van der Waals surface area (Å²) in [6.45, 7) is 2.21. The summed E-state index contributed by atoms with van der Waals surface area (Å²) in [5, 5.41) is 0. The summed E-state index contributed by atoms with van der Waals surface area (Å²) in [4.78, 5) is 15.6. The van der Waals surface area contributed by atoms with Crippen molar-refractivity contribution in [3.8, 4) is 0 Å². The number of hydrogen-bond acceptors (Lipinski definition) is 3. The zero-order valence-electron chi connectivity index (χ0n) is 8.78. The molecule has 4 heteroatoms. The fourth-order valence-electron chi connectivity index (χ4n) is 2.12. The zero-order chi connectivity index (χ0) is 10.1. The molecule has 1 saturated carbocycles. The second kappa shape index (κ2) is 3.87. The van der Waals surface area contributed by atoms with Crippen LogP contribution in [0.4, 0.5) is 0 Å². The molecule has 1 aliphatic heterocycles. The Kier molecular flexibility index (Phi) is 2.74. The van der Waals surface area contributed by atoms with Crippen molar-refractivity contribution in [1.82, 2.24) is 9.80 Å². The van der Waals surface area contributed by atoms with E-state index in [1.807, 2.05) is 7.05 Å². The predicted octanol–water partition coefficient (Wildman–Crippen LogP) is -0.360. The number of likely N-dealkylation sites (N-methyl/N-ethyl adjacent to an activating group) is 1. The first-order chi connectivity index (χ1) is 6.72. The third-order valence-corrected chi connectivity index (χ3v) is 3.29. The molecule has 0 aromatic carbocycles. The molecule has 1 atom stereocenters. The largest absolute Gasteiger partial charge is 0.343 e. The van der Waals surface area contributed by atoms with Crippen LogP contribution in [0.5, 0.6) is 0 Å². The summed E-state index contributed by atoms with van der Waals surface area (Å²) in [5.74, 6) is 0.0487. The van der Waals surface area contributed by atoms with Crippen LogP contribution in [0.2, 0.25) is 0 Å². The summed E-state index contributed by atoms with van der Waals surface area (Å²) in [7, 11) is 1.85. The Morgan fingerprint density at radius 2 is 2.21 bits per heavy atom. The molecule has 80 valence electrons. The minimum Gasteiger partial charge on any atom is -0.343 e. The molecular weight excluding hydrogens is 178 g/mol. The van der Waals surface area contributed by atoms with Crippen molar-refractivity contribution < 1.29 is 4.79 Å². The van der Waals surface area contributed by atoms with E-state index in [0.29, 0.717) is 6.04 Å². The van der Waals surface area contributed by atoms with Crippen LogP contribution >= 0.6 is 0 Å². The van der Waals surface area contributed by atoms with Gasteiger partial charge in [0.2, 0.25) is 5.91 Å². The van der Waals surface area contributed by atoms with Gasteiger partial charge >= 0.3 is 0 Å². The van der Waals surface area contributed by atoms with Crippen LogP contribution in [-0.4, -0.2) is 54.5 Å². The van der Waals surface area contributed by atoms with Crippen LogP contribution in [0, 0.1) is 0 Å². The van der Waals surface area contributed by atoms with Crippen molar-refractivity contribution >= 4 is 5.91 Å². The molecule has 2 rings (SSSR count). The van der Waals surface area contributed by atoms with Crippen LogP contribution < -0.4 is 5.73 Å². The lowest BCUT2D eigenvalue weighted by Gasteiger charge is -2.43. The molecule has 14 heavy (non-hydrogen) atoms. The number of likely N-dealkylation sites (tertiary alicyclic amines) is 1. The molecule has 2 fully saturated rings. The van der Waals surface area contributed by atoms with Gasteiger partial charge in [-0.3, -0.25) is 9.69 Å². The van der Waals surface area contributed by atoms with Crippen LogP contribution in [0.15, 0.2) is 0 Å². The Labute approximate surface area is 85.0 Å². The van der Waals surface area contributed by atoms with E-state index in [1.165, 1.54) is 25.8 Å². The number of carbonyl (C=O) groups excluding carboxylic acids is 1. The van der Waals surface area contributed by atoms with Gasteiger partial charge in [0, 0.05) is 32.2 Å². The van der Waals surface area contributed by atoms with Gasteiger partial charge in [-0.05, 0) is 19.3 Å². The van der Waals surface area contributed by atoms with Gasteiger partial charge < -0.3 is 10.6 Å². The molecule has 1 saturated heterocycles. The molecule has 4 nitrogen and oxygen atoms in total. The van der Waals surface area contributed by atoms with Gasteiger partial charge in [-0.1, -0.05) is 0 Å². The Morgan fingerprint density at radius 1 is 1.50 bits per heavy atom. The number of amides is 1. The van der Waals surface area contributed by atoms with Gasteiger partial charge in [0.1, 0.15) is 0 Å². The van der Waals surface area contributed by atoms with Gasteiger partial charge in [0.15, 0.2) is 0 Å². The maximum atomic E-state index is 11.3. The SMILES string of the molecule is CN(CC1CCN1C1CC1)C(=O)CN. The molecule has 0 aromatic heterocycles. The topological polar surface area (TPSA) is 49.6 Å². The second-order valence-electron chi connectivity index (χ2n) is 4.39. The monoisotopic (exact) mass is 197 g/mol. The van der Waals surface area contributed by atoms with Gasteiger partial charge in [-0.25, -0.2) is 0 Å². The van der Waals surface area contributed by atoms with Gasteiger partial charge in [-0.2, -0.15) is 0 Å². The van der Waals surface area contributed by atoms with Crippen molar-refractivity contribution in [2.45, 2.75) is 31.3 Å². The van der Waals surface area contributed by atoms with E-state index < -0.39 is 0 Å². The lowest BCUT2D eigenvalue weighted by molar-refractivity contribution is -0.129. The van der Waals surface area contributed by atoms with E-state index in [4.69, 9.17) is 5.73 Å². The fraction of sp³-hybridized carbons (Fsp3) is 0.900. The summed E-state index contributed by atoms with van der Waals surface area (Å²) in [6.07, 6.45) is 3.94. The van der Waals surface area contributed by atoms with E-state index >= 15 is 0 Å². The molecule has 2 aliphatic rings. The second-order valence-corrected chi connectivity index (χ2v) is 4.39. The summed E-state index contributed by atoms with van der Waals surface area (Å²) in [6, 6.07) is 1.43. The highest BCUT2D eigenvalue weighted by Gasteiger charge is 2.39. The maximum absolute atomic E-state index is 11.3. The first-order valence-corrected chi connectivity index (χ1v) is 5.42. The van der Waals surface area contributed by atoms with E-state index in [2.05, 4.69) is 4.90 Å². The molecule has 1 unspecified atom stereocenters. The van der Waals surface area contributed by atoms with Gasteiger partial charge in [-0.15, -0.1) is 0 Å². The first kappa shape index (κ1) is 9.93. The standard InChI is InChI=1S/C10H19N3O/c1-12(10(14)6-11)7-9-4-5-13(9)8-2-3-8/h8-9H,2-7,11H2,1H3. The molecule has 0 aromatic rings. The van der Waals surface area contributed by atoms with E-state index in [9.17, 15) is 4.79 Å². The average Bonchev–Trinajstić information content (AvgIpc) is 2.94. The van der Waals surface area contributed by atoms with E-state index in [-0.39, 0.29) is 12.5 Å². The predicted molar refractivity (Wildman–Crippen MR) is 54.8 cm³/mol. The highest BCUT2D eigenvalue weighted by atomic mass is 16.2. The fourth-order valence-corrected chi connectivity index (χ4v) is 2.12. The van der Waals surface area contributed by atoms with E-state index in [1.54, 1.807) is 4.90 Å².